The largest absolute Gasteiger partial charge is 0.392 e. The van der Waals surface area contributed by atoms with Crippen LogP contribution in [0.1, 0.15) is 42.1 Å². The topological polar surface area (TPSA) is 81.7 Å². The first-order valence-corrected chi connectivity index (χ1v) is 9.06. The molecule has 3 rings (SSSR count). The molecule has 0 saturated carbocycles. The van der Waals surface area contributed by atoms with Gasteiger partial charge in [0.15, 0.2) is 0 Å². The third kappa shape index (κ3) is 4.75. The van der Waals surface area contributed by atoms with E-state index in [0.717, 1.165) is 31.5 Å². The molecule has 2 aliphatic rings. The number of aliphatic hydroxyl groups excluding tert-OH is 1. The number of amides is 2. The van der Waals surface area contributed by atoms with Gasteiger partial charge in [-0.2, -0.15) is 0 Å². The predicted molar refractivity (Wildman–Crippen MR) is 104 cm³/mol. The number of hydrogen-bond donors (Lipinski definition) is 3. The standard InChI is InChI=1S/C19H27N3O3.ClH/c1-12-5-7-22(8-6-12)19(25)14-3-4-16(13(2)9-14)21-18(24)17-10-15(23)11-20-17;/h3-4,9,12,15,17,20,23H,5-8,10-11H2,1-2H3,(H,21,24);1H/t15-,17-;/m1./s1. The molecule has 0 unspecified atom stereocenters. The first kappa shape index (κ1) is 20.7. The molecule has 3 N–H and O–H groups in total. The SMILES string of the molecule is Cc1cc(C(=O)N2CCC(C)CC2)ccc1NC(=O)[C@H]1C[C@@H](O)CN1.Cl. The minimum Gasteiger partial charge on any atom is -0.392 e. The van der Waals surface area contributed by atoms with E-state index in [2.05, 4.69) is 17.6 Å². The van der Waals surface area contributed by atoms with Crippen LogP contribution < -0.4 is 10.6 Å². The lowest BCUT2D eigenvalue weighted by Gasteiger charge is -2.30. The Bertz CT molecular complexity index is 659. The molecule has 0 spiro atoms. The number of hydrogen-bond acceptors (Lipinski definition) is 4. The zero-order valence-corrected chi connectivity index (χ0v) is 16.1. The summed E-state index contributed by atoms with van der Waals surface area (Å²) >= 11 is 0. The van der Waals surface area contributed by atoms with Crippen LogP contribution in [0.3, 0.4) is 0 Å². The number of β-amino-alcohol motifs (C(OH)–C–C–N with tert-alkyl or cyclic N) is 1. The summed E-state index contributed by atoms with van der Waals surface area (Å²) in [5.41, 5.74) is 2.24. The van der Waals surface area contributed by atoms with Crippen LogP contribution >= 0.6 is 12.4 Å². The van der Waals surface area contributed by atoms with Crippen molar-refractivity contribution in [3.05, 3.63) is 29.3 Å². The molecule has 0 aromatic heterocycles. The summed E-state index contributed by atoms with van der Waals surface area (Å²) in [6.45, 7) is 6.18. The molecule has 144 valence electrons. The number of nitrogens with zero attached hydrogens (tertiary/aromatic N) is 1. The van der Waals surface area contributed by atoms with Gasteiger partial charge in [-0.25, -0.2) is 0 Å². The van der Waals surface area contributed by atoms with Gasteiger partial charge in [-0.15, -0.1) is 12.4 Å². The van der Waals surface area contributed by atoms with Crippen molar-refractivity contribution < 1.29 is 14.7 Å². The van der Waals surface area contributed by atoms with Gasteiger partial charge in [0.25, 0.3) is 5.91 Å². The second-order valence-electron chi connectivity index (χ2n) is 7.34. The molecule has 0 aliphatic carbocycles. The Kier molecular flexibility index (Phi) is 7.03. The van der Waals surface area contributed by atoms with Crippen LogP contribution in [0.5, 0.6) is 0 Å². The van der Waals surface area contributed by atoms with Crippen molar-refractivity contribution in [2.45, 2.75) is 45.3 Å². The van der Waals surface area contributed by atoms with Crippen molar-refractivity contribution in [2.24, 2.45) is 5.92 Å². The lowest BCUT2D eigenvalue weighted by Crippen LogP contribution is -2.38. The summed E-state index contributed by atoms with van der Waals surface area (Å²) in [4.78, 5) is 26.8. The van der Waals surface area contributed by atoms with E-state index in [1.165, 1.54) is 0 Å². The molecule has 2 saturated heterocycles. The van der Waals surface area contributed by atoms with E-state index >= 15 is 0 Å². The van der Waals surface area contributed by atoms with E-state index in [4.69, 9.17) is 0 Å². The number of aryl methyl sites for hydroxylation is 1. The van der Waals surface area contributed by atoms with Crippen molar-refractivity contribution in [3.8, 4) is 0 Å². The lowest BCUT2D eigenvalue weighted by molar-refractivity contribution is -0.117. The summed E-state index contributed by atoms with van der Waals surface area (Å²) < 4.78 is 0. The normalized spacial score (nSPS) is 23.4. The first-order chi connectivity index (χ1) is 11.9. The van der Waals surface area contributed by atoms with Crippen molar-refractivity contribution in [2.75, 3.05) is 25.0 Å². The molecular weight excluding hydrogens is 354 g/mol. The highest BCUT2D eigenvalue weighted by molar-refractivity contribution is 5.98. The van der Waals surface area contributed by atoms with Crippen molar-refractivity contribution in [1.29, 1.82) is 0 Å². The van der Waals surface area contributed by atoms with Crippen molar-refractivity contribution in [1.82, 2.24) is 10.2 Å². The van der Waals surface area contributed by atoms with Gasteiger partial charge in [0.05, 0.1) is 12.1 Å². The highest BCUT2D eigenvalue weighted by atomic mass is 35.5. The summed E-state index contributed by atoms with van der Waals surface area (Å²) in [6, 6.07) is 5.04. The van der Waals surface area contributed by atoms with Crippen molar-refractivity contribution >= 4 is 29.9 Å². The molecule has 2 aliphatic heterocycles. The molecule has 2 heterocycles. The number of carbonyl (C=O) groups excluding carboxylic acids is 2. The zero-order valence-electron chi connectivity index (χ0n) is 15.3. The molecule has 0 radical (unpaired) electrons. The molecule has 7 heteroatoms. The molecule has 6 nitrogen and oxygen atoms in total. The van der Waals surface area contributed by atoms with Crippen LogP contribution in [0, 0.1) is 12.8 Å². The van der Waals surface area contributed by atoms with E-state index in [1.54, 1.807) is 12.1 Å². The number of benzene rings is 1. The van der Waals surface area contributed by atoms with Gasteiger partial charge in [0.2, 0.25) is 5.91 Å². The zero-order chi connectivity index (χ0) is 18.0. The number of rotatable bonds is 3. The summed E-state index contributed by atoms with van der Waals surface area (Å²) in [6.07, 6.45) is 2.07. The maximum atomic E-state index is 12.6. The minimum absolute atomic E-state index is 0. The van der Waals surface area contributed by atoms with Crippen LogP contribution in [0.4, 0.5) is 5.69 Å². The van der Waals surface area contributed by atoms with Gasteiger partial charge in [0.1, 0.15) is 0 Å². The molecule has 2 amide bonds. The molecule has 26 heavy (non-hydrogen) atoms. The Hall–Kier alpha value is -1.63. The average Bonchev–Trinajstić information content (AvgIpc) is 3.03. The maximum absolute atomic E-state index is 12.6. The number of halogens is 1. The Morgan fingerprint density at radius 2 is 1.96 bits per heavy atom. The van der Waals surface area contributed by atoms with Crippen LogP contribution in [-0.2, 0) is 4.79 Å². The Morgan fingerprint density at radius 3 is 2.54 bits per heavy atom. The number of likely N-dealkylation sites (tertiary alicyclic amines) is 1. The van der Waals surface area contributed by atoms with Gasteiger partial charge in [-0.3, -0.25) is 9.59 Å². The summed E-state index contributed by atoms with van der Waals surface area (Å²) in [5.74, 6) is 0.600. The number of nitrogens with one attached hydrogen (secondary N) is 2. The highest BCUT2D eigenvalue weighted by Crippen LogP contribution is 2.22. The monoisotopic (exact) mass is 381 g/mol. The fraction of sp³-hybridized carbons (Fsp3) is 0.579. The third-order valence-corrected chi connectivity index (χ3v) is 5.23. The Morgan fingerprint density at radius 1 is 1.27 bits per heavy atom. The van der Waals surface area contributed by atoms with Gasteiger partial charge in [-0.05, 0) is 55.9 Å². The molecule has 1 aromatic carbocycles. The number of carbonyl (C=O) groups is 2. The van der Waals surface area contributed by atoms with Gasteiger partial charge < -0.3 is 20.6 Å². The fourth-order valence-corrected chi connectivity index (χ4v) is 3.47. The van der Waals surface area contributed by atoms with Crippen LogP contribution in [0.15, 0.2) is 18.2 Å². The highest BCUT2D eigenvalue weighted by Gasteiger charge is 2.28. The second-order valence-corrected chi connectivity index (χ2v) is 7.34. The maximum Gasteiger partial charge on any atom is 0.253 e. The van der Waals surface area contributed by atoms with Gasteiger partial charge in [-0.1, -0.05) is 6.92 Å². The fourth-order valence-electron chi connectivity index (χ4n) is 3.47. The molecular formula is C19H28ClN3O3. The third-order valence-electron chi connectivity index (χ3n) is 5.23. The summed E-state index contributed by atoms with van der Waals surface area (Å²) in [7, 11) is 0. The van der Waals surface area contributed by atoms with Crippen LogP contribution in [-0.4, -0.2) is 53.6 Å². The van der Waals surface area contributed by atoms with E-state index in [9.17, 15) is 14.7 Å². The number of anilines is 1. The molecule has 2 fully saturated rings. The number of aliphatic hydroxyl groups is 1. The van der Waals surface area contributed by atoms with E-state index in [0.29, 0.717) is 30.1 Å². The second kappa shape index (κ2) is 8.84. The van der Waals surface area contributed by atoms with Gasteiger partial charge >= 0.3 is 0 Å². The van der Waals surface area contributed by atoms with Crippen LogP contribution in [0.25, 0.3) is 0 Å². The lowest BCUT2D eigenvalue weighted by atomic mass is 9.98. The average molecular weight is 382 g/mol. The first-order valence-electron chi connectivity index (χ1n) is 9.06. The van der Waals surface area contributed by atoms with Crippen LogP contribution in [0.2, 0.25) is 0 Å². The van der Waals surface area contributed by atoms with Crippen molar-refractivity contribution in [3.63, 3.8) is 0 Å². The molecule has 0 bridgehead atoms. The Labute approximate surface area is 160 Å². The predicted octanol–water partition coefficient (Wildman–Crippen LogP) is 1.95. The molecule has 2 atom stereocenters. The van der Waals surface area contributed by atoms with E-state index in [1.807, 2.05) is 17.9 Å². The van der Waals surface area contributed by atoms with Gasteiger partial charge in [0, 0.05) is 30.9 Å². The van der Waals surface area contributed by atoms with E-state index in [-0.39, 0.29) is 30.3 Å². The Balaban J connectivity index is 0.00000243. The summed E-state index contributed by atoms with van der Waals surface area (Å²) in [5, 5.41) is 15.4. The quantitative estimate of drug-likeness (QED) is 0.747. The minimum atomic E-state index is -0.468. The smallest absolute Gasteiger partial charge is 0.253 e. The van der Waals surface area contributed by atoms with E-state index < -0.39 is 6.10 Å². The number of piperidine rings is 1. The molecule has 1 aromatic rings.